The van der Waals surface area contributed by atoms with E-state index in [0.717, 1.165) is 15.7 Å². The van der Waals surface area contributed by atoms with E-state index in [0.29, 0.717) is 16.6 Å². The van der Waals surface area contributed by atoms with Crippen LogP contribution in [0.5, 0.6) is 0 Å². The number of nitrogens with one attached hydrogen (secondary N) is 1. The van der Waals surface area contributed by atoms with Crippen molar-refractivity contribution in [1.29, 1.82) is 0 Å². The van der Waals surface area contributed by atoms with Gasteiger partial charge in [0, 0.05) is 16.7 Å². The average molecular weight is 345 g/mol. The van der Waals surface area contributed by atoms with E-state index >= 15 is 0 Å². The topological polar surface area (TPSA) is 12.0 Å². The predicted octanol–water partition coefficient (Wildman–Crippen LogP) is 5.68. The number of hydrogen-bond acceptors (Lipinski definition) is 1. The van der Waals surface area contributed by atoms with Crippen molar-refractivity contribution >= 4 is 44.8 Å². The van der Waals surface area contributed by atoms with Crippen molar-refractivity contribution in [3.63, 3.8) is 0 Å². The van der Waals surface area contributed by atoms with Gasteiger partial charge in [-0.1, -0.05) is 57.3 Å². The molecule has 0 atom stereocenters. The van der Waals surface area contributed by atoms with E-state index in [1.165, 1.54) is 5.56 Å². The maximum Gasteiger partial charge on any atom is 0.0642 e. The fourth-order valence-corrected chi connectivity index (χ4v) is 2.35. The van der Waals surface area contributed by atoms with Crippen LogP contribution in [0.25, 0.3) is 0 Å². The molecular weight excluding hydrogens is 333 g/mol. The number of hydrogen-bond donors (Lipinski definition) is 1. The monoisotopic (exact) mass is 343 g/mol. The lowest BCUT2D eigenvalue weighted by Crippen LogP contribution is -2.00. The first-order chi connectivity index (χ1) is 8.58. The van der Waals surface area contributed by atoms with Gasteiger partial charge in [-0.2, -0.15) is 0 Å². The smallest absolute Gasteiger partial charge is 0.0642 e. The summed E-state index contributed by atoms with van der Waals surface area (Å²) < 4.78 is 1.09. The first-order valence-electron chi connectivity index (χ1n) is 5.51. The SMILES string of the molecule is Cc1ccc(NCc2cccc(Cl)c2Cl)cc1Br. The number of rotatable bonds is 3. The second-order valence-corrected chi connectivity index (χ2v) is 5.67. The third-order valence-electron chi connectivity index (χ3n) is 2.69. The highest BCUT2D eigenvalue weighted by Gasteiger charge is 2.04. The van der Waals surface area contributed by atoms with E-state index in [1.807, 2.05) is 24.3 Å². The maximum atomic E-state index is 6.13. The zero-order valence-electron chi connectivity index (χ0n) is 9.81. The molecule has 0 saturated heterocycles. The Hall–Kier alpha value is -0.700. The molecule has 0 saturated carbocycles. The van der Waals surface area contributed by atoms with Gasteiger partial charge in [0.2, 0.25) is 0 Å². The zero-order valence-corrected chi connectivity index (χ0v) is 12.9. The standard InChI is InChI=1S/C14H12BrCl2N/c1-9-5-6-11(7-12(9)15)18-8-10-3-2-4-13(16)14(10)17/h2-7,18H,8H2,1H3. The van der Waals surface area contributed by atoms with Crippen molar-refractivity contribution in [3.8, 4) is 0 Å². The zero-order chi connectivity index (χ0) is 13.1. The van der Waals surface area contributed by atoms with Crippen LogP contribution < -0.4 is 5.32 Å². The van der Waals surface area contributed by atoms with Crippen molar-refractivity contribution in [2.75, 3.05) is 5.32 Å². The van der Waals surface area contributed by atoms with Gasteiger partial charge in [0.15, 0.2) is 0 Å². The lowest BCUT2D eigenvalue weighted by Gasteiger charge is -2.10. The molecule has 0 aliphatic carbocycles. The molecule has 0 unspecified atom stereocenters. The van der Waals surface area contributed by atoms with Crippen molar-refractivity contribution in [1.82, 2.24) is 0 Å². The minimum absolute atomic E-state index is 0.584. The third-order valence-corrected chi connectivity index (χ3v) is 4.40. The molecule has 18 heavy (non-hydrogen) atoms. The highest BCUT2D eigenvalue weighted by atomic mass is 79.9. The van der Waals surface area contributed by atoms with Gasteiger partial charge >= 0.3 is 0 Å². The minimum atomic E-state index is 0.584. The number of halogens is 3. The van der Waals surface area contributed by atoms with Crippen molar-refractivity contribution in [3.05, 3.63) is 62.0 Å². The largest absolute Gasteiger partial charge is 0.381 e. The Morgan fingerprint density at radius 1 is 1.17 bits per heavy atom. The summed E-state index contributed by atoms with van der Waals surface area (Å²) in [6, 6.07) is 11.8. The third kappa shape index (κ3) is 3.19. The molecule has 0 aromatic heterocycles. The van der Waals surface area contributed by atoms with Crippen LogP contribution in [-0.2, 0) is 6.54 Å². The number of benzene rings is 2. The molecule has 0 spiro atoms. The van der Waals surface area contributed by atoms with E-state index in [-0.39, 0.29) is 0 Å². The summed E-state index contributed by atoms with van der Waals surface area (Å²) in [5.41, 5.74) is 3.24. The van der Waals surface area contributed by atoms with Crippen molar-refractivity contribution < 1.29 is 0 Å². The Labute approximate surface area is 125 Å². The first kappa shape index (κ1) is 13.7. The van der Waals surface area contributed by atoms with E-state index in [9.17, 15) is 0 Å². The highest BCUT2D eigenvalue weighted by Crippen LogP contribution is 2.27. The van der Waals surface area contributed by atoms with Crippen LogP contribution in [0.3, 0.4) is 0 Å². The summed E-state index contributed by atoms with van der Waals surface area (Å²) in [5.74, 6) is 0. The van der Waals surface area contributed by atoms with Crippen LogP contribution in [0.1, 0.15) is 11.1 Å². The molecule has 0 heterocycles. The lowest BCUT2D eigenvalue weighted by molar-refractivity contribution is 1.15. The molecule has 94 valence electrons. The van der Waals surface area contributed by atoms with Crippen LogP contribution in [0, 0.1) is 6.92 Å². The van der Waals surface area contributed by atoms with Crippen LogP contribution in [-0.4, -0.2) is 0 Å². The highest BCUT2D eigenvalue weighted by molar-refractivity contribution is 9.10. The fourth-order valence-electron chi connectivity index (χ4n) is 1.59. The molecule has 2 aromatic carbocycles. The summed E-state index contributed by atoms with van der Waals surface area (Å²) in [5, 5.41) is 4.52. The quantitative estimate of drug-likeness (QED) is 0.755. The molecule has 1 N–H and O–H groups in total. The van der Waals surface area contributed by atoms with E-state index in [1.54, 1.807) is 6.07 Å². The summed E-state index contributed by atoms with van der Waals surface area (Å²) in [4.78, 5) is 0. The van der Waals surface area contributed by atoms with Gasteiger partial charge in [0.05, 0.1) is 10.0 Å². The van der Waals surface area contributed by atoms with Gasteiger partial charge in [-0.3, -0.25) is 0 Å². The maximum absolute atomic E-state index is 6.13. The summed E-state index contributed by atoms with van der Waals surface area (Å²) in [6.07, 6.45) is 0. The summed E-state index contributed by atoms with van der Waals surface area (Å²) in [6.45, 7) is 2.70. The van der Waals surface area contributed by atoms with Crippen LogP contribution >= 0.6 is 39.1 Å². The van der Waals surface area contributed by atoms with Crippen LogP contribution in [0.2, 0.25) is 10.0 Å². The number of anilines is 1. The van der Waals surface area contributed by atoms with E-state index in [4.69, 9.17) is 23.2 Å². The van der Waals surface area contributed by atoms with Crippen LogP contribution in [0.4, 0.5) is 5.69 Å². The molecule has 0 radical (unpaired) electrons. The minimum Gasteiger partial charge on any atom is -0.381 e. The lowest BCUT2D eigenvalue weighted by atomic mass is 10.2. The van der Waals surface area contributed by atoms with Gasteiger partial charge < -0.3 is 5.32 Å². The van der Waals surface area contributed by atoms with Gasteiger partial charge in [0.25, 0.3) is 0 Å². The predicted molar refractivity (Wildman–Crippen MR) is 82.7 cm³/mol. The second-order valence-electron chi connectivity index (χ2n) is 4.03. The second kappa shape index (κ2) is 5.96. The molecule has 0 aliphatic heterocycles. The molecule has 4 heteroatoms. The molecule has 1 nitrogen and oxygen atoms in total. The molecular formula is C14H12BrCl2N. The molecule has 0 bridgehead atoms. The Balaban J connectivity index is 2.11. The van der Waals surface area contributed by atoms with Crippen molar-refractivity contribution in [2.24, 2.45) is 0 Å². The molecule has 2 rings (SSSR count). The molecule has 2 aromatic rings. The Kier molecular flexibility index (Phi) is 4.55. The molecule has 0 amide bonds. The normalized spacial score (nSPS) is 10.4. The van der Waals surface area contributed by atoms with E-state index < -0.39 is 0 Å². The van der Waals surface area contributed by atoms with Crippen LogP contribution in [0.15, 0.2) is 40.9 Å². The van der Waals surface area contributed by atoms with E-state index in [2.05, 4.69) is 34.2 Å². The Morgan fingerprint density at radius 2 is 1.94 bits per heavy atom. The van der Waals surface area contributed by atoms with Gasteiger partial charge in [-0.05, 0) is 36.2 Å². The number of aryl methyl sites for hydroxylation is 1. The summed E-state index contributed by atoms with van der Waals surface area (Å²) in [7, 11) is 0. The molecule has 0 aliphatic rings. The van der Waals surface area contributed by atoms with Gasteiger partial charge in [-0.15, -0.1) is 0 Å². The van der Waals surface area contributed by atoms with Gasteiger partial charge in [0.1, 0.15) is 0 Å². The first-order valence-corrected chi connectivity index (χ1v) is 7.06. The Bertz CT molecular complexity index is 570. The van der Waals surface area contributed by atoms with Gasteiger partial charge in [-0.25, -0.2) is 0 Å². The molecule has 0 fully saturated rings. The van der Waals surface area contributed by atoms with Crippen molar-refractivity contribution in [2.45, 2.75) is 13.5 Å². The Morgan fingerprint density at radius 3 is 2.67 bits per heavy atom. The fraction of sp³-hybridized carbons (Fsp3) is 0.143. The average Bonchev–Trinajstić information content (AvgIpc) is 2.35. The summed E-state index contributed by atoms with van der Waals surface area (Å²) >= 11 is 15.6.